The second kappa shape index (κ2) is 7.07. The van der Waals surface area contributed by atoms with Crippen molar-refractivity contribution in [1.29, 1.82) is 0 Å². The highest BCUT2D eigenvalue weighted by Crippen LogP contribution is 2.17. The Kier molecular flexibility index (Phi) is 5.12. The average Bonchev–Trinajstić information content (AvgIpc) is 2.65. The van der Waals surface area contributed by atoms with Crippen LogP contribution < -0.4 is 10.1 Å². The van der Waals surface area contributed by atoms with Crippen LogP contribution in [-0.2, 0) is 4.79 Å². The molecule has 1 saturated carbocycles. The summed E-state index contributed by atoms with van der Waals surface area (Å²) in [7, 11) is 0. The van der Waals surface area contributed by atoms with Gasteiger partial charge in [0, 0.05) is 17.8 Å². The van der Waals surface area contributed by atoms with E-state index in [-0.39, 0.29) is 12.5 Å². The summed E-state index contributed by atoms with van der Waals surface area (Å²) < 4.78 is 5.36. The van der Waals surface area contributed by atoms with Crippen LogP contribution in [0.1, 0.15) is 44.2 Å². The Morgan fingerprint density at radius 3 is 2.74 bits per heavy atom. The average molecular weight is 263 g/mol. The second-order valence-corrected chi connectivity index (χ2v) is 5.04. The first-order valence-electron chi connectivity index (χ1n) is 6.95. The Morgan fingerprint density at radius 1 is 1.32 bits per heavy atom. The van der Waals surface area contributed by atoms with Crippen molar-refractivity contribution in [1.82, 2.24) is 15.3 Å². The number of carbonyl (C=O) groups is 1. The molecule has 0 spiro atoms. The Labute approximate surface area is 113 Å². The van der Waals surface area contributed by atoms with Gasteiger partial charge in [-0.25, -0.2) is 9.97 Å². The largest absolute Gasteiger partial charge is 0.467 e. The predicted octanol–water partition coefficient (Wildman–Crippen LogP) is 2.00. The SMILES string of the molecule is Cc1cc(OCC(=O)NC2CCCCCC2)ncn1. The molecule has 5 heteroatoms. The van der Waals surface area contributed by atoms with Crippen LogP contribution in [-0.4, -0.2) is 28.5 Å². The van der Waals surface area contributed by atoms with E-state index in [2.05, 4.69) is 15.3 Å². The van der Waals surface area contributed by atoms with Crippen molar-refractivity contribution in [2.24, 2.45) is 0 Å². The van der Waals surface area contributed by atoms with Gasteiger partial charge in [0.1, 0.15) is 6.33 Å². The number of aromatic nitrogens is 2. The molecule has 0 aromatic carbocycles. The van der Waals surface area contributed by atoms with Crippen LogP contribution in [0, 0.1) is 6.92 Å². The zero-order valence-electron chi connectivity index (χ0n) is 11.4. The van der Waals surface area contributed by atoms with Gasteiger partial charge in [-0.1, -0.05) is 25.7 Å². The highest BCUT2D eigenvalue weighted by Gasteiger charge is 2.14. The molecule has 0 aliphatic heterocycles. The molecule has 1 fully saturated rings. The van der Waals surface area contributed by atoms with Gasteiger partial charge in [-0.15, -0.1) is 0 Å². The molecule has 104 valence electrons. The summed E-state index contributed by atoms with van der Waals surface area (Å²) in [4.78, 5) is 19.7. The monoisotopic (exact) mass is 263 g/mol. The van der Waals surface area contributed by atoms with Gasteiger partial charge < -0.3 is 10.1 Å². The normalized spacial score (nSPS) is 16.7. The molecular formula is C14H21N3O2. The highest BCUT2D eigenvalue weighted by atomic mass is 16.5. The van der Waals surface area contributed by atoms with Crippen LogP contribution >= 0.6 is 0 Å². The van der Waals surface area contributed by atoms with Crippen LogP contribution in [0.2, 0.25) is 0 Å². The molecule has 0 saturated heterocycles. The van der Waals surface area contributed by atoms with E-state index in [0.717, 1.165) is 18.5 Å². The minimum Gasteiger partial charge on any atom is -0.467 e. The predicted molar refractivity (Wildman–Crippen MR) is 71.9 cm³/mol. The molecule has 1 heterocycles. The lowest BCUT2D eigenvalue weighted by molar-refractivity contribution is -0.124. The number of hydrogen-bond acceptors (Lipinski definition) is 4. The smallest absolute Gasteiger partial charge is 0.258 e. The summed E-state index contributed by atoms with van der Waals surface area (Å²) in [5.74, 6) is 0.381. The van der Waals surface area contributed by atoms with Crippen LogP contribution in [0.25, 0.3) is 0 Å². The van der Waals surface area contributed by atoms with E-state index >= 15 is 0 Å². The molecule has 1 aliphatic rings. The third-order valence-electron chi connectivity index (χ3n) is 3.35. The molecule has 1 aromatic rings. The number of hydrogen-bond donors (Lipinski definition) is 1. The van der Waals surface area contributed by atoms with Gasteiger partial charge in [-0.3, -0.25) is 4.79 Å². The quantitative estimate of drug-likeness (QED) is 0.844. The summed E-state index contributed by atoms with van der Waals surface area (Å²) in [6, 6.07) is 2.03. The summed E-state index contributed by atoms with van der Waals surface area (Å²) in [6.45, 7) is 1.88. The maximum Gasteiger partial charge on any atom is 0.258 e. The molecule has 1 aliphatic carbocycles. The molecule has 1 amide bonds. The lowest BCUT2D eigenvalue weighted by atomic mass is 10.1. The maximum absolute atomic E-state index is 11.8. The molecule has 1 aromatic heterocycles. The third-order valence-corrected chi connectivity index (χ3v) is 3.35. The van der Waals surface area contributed by atoms with E-state index in [1.807, 2.05) is 6.92 Å². The van der Waals surface area contributed by atoms with Gasteiger partial charge in [0.15, 0.2) is 6.61 Å². The molecule has 1 N–H and O–H groups in total. The number of ether oxygens (including phenoxy) is 1. The number of aryl methyl sites for hydroxylation is 1. The standard InChI is InChI=1S/C14H21N3O2/c1-11-8-14(16-10-15-11)19-9-13(18)17-12-6-4-2-3-5-7-12/h8,10,12H,2-7,9H2,1H3,(H,17,18). The van der Waals surface area contributed by atoms with Gasteiger partial charge in [0.25, 0.3) is 5.91 Å². The van der Waals surface area contributed by atoms with Gasteiger partial charge in [0.2, 0.25) is 5.88 Å². The van der Waals surface area contributed by atoms with Crippen LogP contribution in [0.5, 0.6) is 5.88 Å². The van der Waals surface area contributed by atoms with Crippen LogP contribution in [0.15, 0.2) is 12.4 Å². The fourth-order valence-electron chi connectivity index (χ4n) is 2.34. The lowest BCUT2D eigenvalue weighted by Gasteiger charge is -2.16. The van der Waals surface area contributed by atoms with Crippen molar-refractivity contribution < 1.29 is 9.53 Å². The maximum atomic E-state index is 11.8. The Hall–Kier alpha value is -1.65. The minimum absolute atomic E-state index is 0.0208. The van der Waals surface area contributed by atoms with Gasteiger partial charge >= 0.3 is 0 Å². The molecular weight excluding hydrogens is 242 g/mol. The van der Waals surface area contributed by atoms with E-state index < -0.39 is 0 Å². The Bertz CT molecular complexity index is 415. The Morgan fingerprint density at radius 2 is 2.05 bits per heavy atom. The van der Waals surface area contributed by atoms with Crippen molar-refractivity contribution in [3.05, 3.63) is 18.1 Å². The number of nitrogens with one attached hydrogen (secondary N) is 1. The lowest BCUT2D eigenvalue weighted by Crippen LogP contribution is -2.37. The van der Waals surface area contributed by atoms with Gasteiger partial charge in [-0.05, 0) is 19.8 Å². The summed E-state index contributed by atoms with van der Waals surface area (Å²) in [5.41, 5.74) is 0.828. The fourth-order valence-corrected chi connectivity index (χ4v) is 2.34. The Balaban J connectivity index is 1.74. The number of carbonyl (C=O) groups excluding carboxylic acids is 1. The molecule has 0 atom stereocenters. The van der Waals surface area contributed by atoms with Crippen LogP contribution in [0.4, 0.5) is 0 Å². The first-order valence-corrected chi connectivity index (χ1v) is 6.95. The second-order valence-electron chi connectivity index (χ2n) is 5.04. The van der Waals surface area contributed by atoms with Crippen molar-refractivity contribution in [2.45, 2.75) is 51.5 Å². The first kappa shape index (κ1) is 13.8. The fraction of sp³-hybridized carbons (Fsp3) is 0.643. The van der Waals surface area contributed by atoms with E-state index in [1.165, 1.54) is 32.0 Å². The minimum atomic E-state index is -0.0665. The van der Waals surface area contributed by atoms with Crippen molar-refractivity contribution in [2.75, 3.05) is 6.61 Å². The van der Waals surface area contributed by atoms with Crippen molar-refractivity contribution in [3.63, 3.8) is 0 Å². The van der Waals surface area contributed by atoms with Gasteiger partial charge in [0.05, 0.1) is 0 Å². The molecule has 19 heavy (non-hydrogen) atoms. The summed E-state index contributed by atoms with van der Waals surface area (Å²) >= 11 is 0. The molecule has 0 bridgehead atoms. The highest BCUT2D eigenvalue weighted by molar-refractivity contribution is 5.77. The third kappa shape index (κ3) is 4.85. The number of rotatable bonds is 4. The van der Waals surface area contributed by atoms with Crippen molar-refractivity contribution >= 4 is 5.91 Å². The summed E-state index contributed by atoms with van der Waals surface area (Å²) in [5, 5.41) is 3.04. The number of nitrogens with zero attached hydrogens (tertiary/aromatic N) is 2. The van der Waals surface area contributed by atoms with Crippen molar-refractivity contribution in [3.8, 4) is 5.88 Å². The molecule has 0 radical (unpaired) electrons. The number of amides is 1. The topological polar surface area (TPSA) is 64.1 Å². The molecule has 0 unspecified atom stereocenters. The van der Waals surface area contributed by atoms with E-state index in [0.29, 0.717) is 11.9 Å². The van der Waals surface area contributed by atoms with E-state index in [1.54, 1.807) is 6.07 Å². The van der Waals surface area contributed by atoms with E-state index in [4.69, 9.17) is 4.74 Å². The zero-order valence-corrected chi connectivity index (χ0v) is 11.4. The molecule has 2 rings (SSSR count). The zero-order chi connectivity index (χ0) is 13.5. The molecule has 5 nitrogen and oxygen atoms in total. The van der Waals surface area contributed by atoms with Crippen LogP contribution in [0.3, 0.4) is 0 Å². The first-order chi connectivity index (χ1) is 9.24. The summed E-state index contributed by atoms with van der Waals surface area (Å²) in [6.07, 6.45) is 8.57. The van der Waals surface area contributed by atoms with Gasteiger partial charge in [-0.2, -0.15) is 0 Å². The van der Waals surface area contributed by atoms with E-state index in [9.17, 15) is 4.79 Å².